The van der Waals surface area contributed by atoms with Gasteiger partial charge in [0.1, 0.15) is 23.0 Å². The van der Waals surface area contributed by atoms with Gasteiger partial charge in [0, 0.05) is 31.2 Å². The lowest BCUT2D eigenvalue weighted by Gasteiger charge is -2.28. The molecule has 2 aliphatic rings. The zero-order valence-corrected chi connectivity index (χ0v) is 20.4. The molecule has 10 nitrogen and oxygen atoms in total. The normalized spacial score (nSPS) is 16.1. The first-order valence-electron chi connectivity index (χ1n) is 11.9. The van der Waals surface area contributed by atoms with Crippen molar-refractivity contribution in [3.8, 4) is 11.5 Å². The standard InChI is InChI=1S/C25H29N7O3/c1-15(2)35-24(34)31-11-9-16-13-26-19(12-17(16)14-31)23(33)28-20-7-5-6-18(27-20)22-30-29-21-8-10-25(3,4)32(21)22/h5-7,12-13,15H,8-11,14H2,1-4H3,(H,27,28,33). The fourth-order valence-corrected chi connectivity index (χ4v) is 4.61. The summed E-state index contributed by atoms with van der Waals surface area (Å²) in [4.78, 5) is 35.9. The third-order valence-corrected chi connectivity index (χ3v) is 6.44. The minimum atomic E-state index is -0.369. The number of aryl methyl sites for hydroxylation is 1. The fourth-order valence-electron chi connectivity index (χ4n) is 4.61. The maximum absolute atomic E-state index is 13.0. The number of hydrogen-bond acceptors (Lipinski definition) is 7. The van der Waals surface area contributed by atoms with E-state index in [1.54, 1.807) is 23.2 Å². The predicted molar refractivity (Wildman–Crippen MR) is 129 cm³/mol. The van der Waals surface area contributed by atoms with E-state index in [1.165, 1.54) is 0 Å². The molecule has 3 aromatic heterocycles. The maximum atomic E-state index is 13.0. The molecule has 0 aliphatic carbocycles. The van der Waals surface area contributed by atoms with Crippen LogP contribution in [-0.4, -0.2) is 54.3 Å². The number of nitrogens with one attached hydrogen (secondary N) is 1. The molecule has 0 unspecified atom stereocenters. The van der Waals surface area contributed by atoms with Gasteiger partial charge in [0.2, 0.25) is 0 Å². The van der Waals surface area contributed by atoms with E-state index in [4.69, 9.17) is 4.74 Å². The Bertz CT molecular complexity index is 1300. The van der Waals surface area contributed by atoms with Crippen LogP contribution < -0.4 is 5.32 Å². The van der Waals surface area contributed by atoms with Gasteiger partial charge in [-0.2, -0.15) is 0 Å². The molecular weight excluding hydrogens is 446 g/mol. The van der Waals surface area contributed by atoms with Gasteiger partial charge < -0.3 is 19.5 Å². The number of nitrogens with zero attached hydrogens (tertiary/aromatic N) is 6. The van der Waals surface area contributed by atoms with Crippen molar-refractivity contribution in [1.29, 1.82) is 0 Å². The van der Waals surface area contributed by atoms with E-state index >= 15 is 0 Å². The number of ether oxygens (including phenoxy) is 1. The monoisotopic (exact) mass is 475 g/mol. The van der Waals surface area contributed by atoms with E-state index in [9.17, 15) is 9.59 Å². The molecule has 0 saturated heterocycles. The maximum Gasteiger partial charge on any atom is 0.410 e. The third-order valence-electron chi connectivity index (χ3n) is 6.44. The highest BCUT2D eigenvalue weighted by Crippen LogP contribution is 2.35. The second kappa shape index (κ2) is 8.75. The lowest BCUT2D eigenvalue weighted by molar-refractivity contribution is 0.0729. The summed E-state index contributed by atoms with van der Waals surface area (Å²) in [5, 5.41) is 11.5. The van der Waals surface area contributed by atoms with Gasteiger partial charge in [-0.15, -0.1) is 10.2 Å². The second-order valence-electron chi connectivity index (χ2n) is 9.89. The van der Waals surface area contributed by atoms with Crippen LogP contribution >= 0.6 is 0 Å². The smallest absolute Gasteiger partial charge is 0.410 e. The average Bonchev–Trinajstić information content (AvgIpc) is 3.39. The molecule has 5 heterocycles. The second-order valence-corrected chi connectivity index (χ2v) is 9.89. The Morgan fingerprint density at radius 1 is 1.14 bits per heavy atom. The van der Waals surface area contributed by atoms with Gasteiger partial charge in [-0.25, -0.2) is 9.78 Å². The van der Waals surface area contributed by atoms with Crippen LogP contribution in [0.5, 0.6) is 0 Å². The Balaban J connectivity index is 1.33. The molecule has 0 saturated carbocycles. The van der Waals surface area contributed by atoms with Gasteiger partial charge in [-0.3, -0.25) is 9.78 Å². The number of fused-ring (bicyclic) bond motifs is 2. The number of carbonyl (C=O) groups is 2. The summed E-state index contributed by atoms with van der Waals surface area (Å²) in [6, 6.07) is 7.16. The number of hydrogen-bond donors (Lipinski definition) is 1. The predicted octanol–water partition coefficient (Wildman–Crippen LogP) is 3.57. The molecule has 2 aliphatic heterocycles. The molecule has 35 heavy (non-hydrogen) atoms. The first kappa shape index (κ1) is 22.9. The number of amides is 2. The summed E-state index contributed by atoms with van der Waals surface area (Å²) in [6.45, 7) is 8.91. The zero-order valence-electron chi connectivity index (χ0n) is 20.4. The lowest BCUT2D eigenvalue weighted by Crippen LogP contribution is -2.37. The van der Waals surface area contributed by atoms with Crippen LogP contribution in [0.4, 0.5) is 10.6 Å². The topological polar surface area (TPSA) is 115 Å². The van der Waals surface area contributed by atoms with Gasteiger partial charge >= 0.3 is 6.09 Å². The first-order valence-corrected chi connectivity index (χ1v) is 11.9. The molecule has 0 radical (unpaired) electrons. The number of anilines is 1. The van der Waals surface area contributed by atoms with E-state index in [0.717, 1.165) is 29.8 Å². The summed E-state index contributed by atoms with van der Waals surface area (Å²) >= 11 is 0. The van der Waals surface area contributed by atoms with Crippen LogP contribution in [0.1, 0.15) is 61.6 Å². The molecule has 1 N–H and O–H groups in total. The van der Waals surface area contributed by atoms with Gasteiger partial charge in [-0.05, 0) is 69.9 Å². The van der Waals surface area contributed by atoms with Crippen molar-refractivity contribution >= 4 is 17.8 Å². The van der Waals surface area contributed by atoms with Crippen molar-refractivity contribution in [2.75, 3.05) is 11.9 Å². The molecular formula is C25H29N7O3. The zero-order chi connectivity index (χ0) is 24.7. The molecule has 3 aromatic rings. The Morgan fingerprint density at radius 3 is 2.77 bits per heavy atom. The van der Waals surface area contributed by atoms with Crippen LogP contribution in [0.25, 0.3) is 11.5 Å². The molecule has 2 amide bonds. The highest BCUT2D eigenvalue weighted by Gasteiger charge is 2.34. The molecule has 0 fully saturated rings. The Kier molecular flexibility index (Phi) is 5.74. The summed E-state index contributed by atoms with van der Waals surface area (Å²) < 4.78 is 7.44. The van der Waals surface area contributed by atoms with Crippen molar-refractivity contribution in [3.63, 3.8) is 0 Å². The van der Waals surface area contributed by atoms with Gasteiger partial charge in [0.05, 0.1) is 6.10 Å². The van der Waals surface area contributed by atoms with Crippen molar-refractivity contribution in [1.82, 2.24) is 29.6 Å². The van der Waals surface area contributed by atoms with E-state index in [-0.39, 0.29) is 29.3 Å². The van der Waals surface area contributed by atoms with Crippen molar-refractivity contribution in [3.05, 3.63) is 53.1 Å². The van der Waals surface area contributed by atoms with E-state index in [1.807, 2.05) is 26.0 Å². The minimum absolute atomic E-state index is 0.0857. The highest BCUT2D eigenvalue weighted by molar-refractivity contribution is 6.02. The average molecular weight is 476 g/mol. The molecule has 10 heteroatoms. The molecule has 0 spiro atoms. The van der Waals surface area contributed by atoms with E-state index in [0.29, 0.717) is 36.8 Å². The largest absolute Gasteiger partial charge is 0.447 e. The van der Waals surface area contributed by atoms with Crippen LogP contribution in [0, 0.1) is 0 Å². The third kappa shape index (κ3) is 4.48. The summed E-state index contributed by atoms with van der Waals surface area (Å²) in [6.07, 6.45) is 3.72. The minimum Gasteiger partial charge on any atom is -0.447 e. The molecule has 182 valence electrons. The van der Waals surface area contributed by atoms with Crippen molar-refractivity contribution < 1.29 is 14.3 Å². The van der Waals surface area contributed by atoms with Crippen LogP contribution in [0.15, 0.2) is 30.5 Å². The number of pyridine rings is 2. The lowest BCUT2D eigenvalue weighted by atomic mass is 10.0. The number of rotatable bonds is 4. The van der Waals surface area contributed by atoms with Gasteiger partial charge in [0.25, 0.3) is 5.91 Å². The van der Waals surface area contributed by atoms with Crippen LogP contribution in [-0.2, 0) is 29.7 Å². The van der Waals surface area contributed by atoms with E-state index < -0.39 is 0 Å². The first-order chi connectivity index (χ1) is 16.7. The Labute approximate surface area is 203 Å². The summed E-state index contributed by atoms with van der Waals surface area (Å²) in [5.41, 5.74) is 2.74. The highest BCUT2D eigenvalue weighted by atomic mass is 16.6. The van der Waals surface area contributed by atoms with E-state index in [2.05, 4.69) is 43.9 Å². The molecule has 0 bridgehead atoms. The Hall–Kier alpha value is -3.82. The Morgan fingerprint density at radius 2 is 1.97 bits per heavy atom. The molecule has 5 rings (SSSR count). The SMILES string of the molecule is CC(C)OC(=O)N1CCc2cnc(C(=O)Nc3cccc(-c4nnc5n4C(C)(C)CC5)n3)cc2C1. The summed E-state index contributed by atoms with van der Waals surface area (Å²) in [5.74, 6) is 1.68. The van der Waals surface area contributed by atoms with Crippen LogP contribution in [0.2, 0.25) is 0 Å². The number of aromatic nitrogens is 5. The fraction of sp³-hybridized carbons (Fsp3) is 0.440. The van der Waals surface area contributed by atoms with Crippen LogP contribution in [0.3, 0.4) is 0 Å². The summed E-state index contributed by atoms with van der Waals surface area (Å²) in [7, 11) is 0. The van der Waals surface area contributed by atoms with Crippen molar-refractivity contribution in [2.24, 2.45) is 0 Å². The quantitative estimate of drug-likeness (QED) is 0.613. The molecule has 0 aromatic carbocycles. The van der Waals surface area contributed by atoms with Gasteiger partial charge in [0.15, 0.2) is 5.82 Å². The molecule has 0 atom stereocenters. The number of carbonyl (C=O) groups excluding carboxylic acids is 2. The van der Waals surface area contributed by atoms with Gasteiger partial charge in [-0.1, -0.05) is 6.07 Å². The van der Waals surface area contributed by atoms with Crippen molar-refractivity contribution in [2.45, 2.75) is 65.1 Å².